The molecule has 3 rings (SSSR count). The summed E-state index contributed by atoms with van der Waals surface area (Å²) in [5.74, 6) is 0.683. The lowest BCUT2D eigenvalue weighted by molar-refractivity contribution is 0.449. The van der Waals surface area contributed by atoms with Crippen LogP contribution in [0.3, 0.4) is 0 Å². The van der Waals surface area contributed by atoms with Crippen LogP contribution in [-0.2, 0) is 0 Å². The molecule has 3 N–H and O–H groups in total. The van der Waals surface area contributed by atoms with Crippen LogP contribution in [0, 0.1) is 0 Å². The standard InChI is InChI=1S/C10H11N3S/c11-10-13-8-2-1-6(3-9(8)14-10)7-4-12-5-7/h1-3,7,12H,4-5H2,(H2,11,13). The molecule has 1 aliphatic heterocycles. The Balaban J connectivity index is 2.09. The van der Waals surface area contributed by atoms with Gasteiger partial charge in [-0.15, -0.1) is 0 Å². The van der Waals surface area contributed by atoms with Gasteiger partial charge in [-0.2, -0.15) is 0 Å². The Morgan fingerprint density at radius 3 is 3.00 bits per heavy atom. The first-order valence-electron chi connectivity index (χ1n) is 4.69. The second kappa shape index (κ2) is 2.93. The molecule has 0 bridgehead atoms. The number of hydrogen-bond acceptors (Lipinski definition) is 4. The Kier molecular flexibility index (Phi) is 1.72. The molecule has 2 aromatic rings. The molecule has 0 atom stereocenters. The van der Waals surface area contributed by atoms with Crippen molar-refractivity contribution in [3.8, 4) is 0 Å². The van der Waals surface area contributed by atoms with E-state index in [1.165, 1.54) is 10.3 Å². The third kappa shape index (κ3) is 1.19. The molecule has 0 saturated carbocycles. The predicted molar refractivity (Wildman–Crippen MR) is 59.6 cm³/mol. The Hall–Kier alpha value is -1.13. The highest BCUT2D eigenvalue weighted by molar-refractivity contribution is 7.22. The Morgan fingerprint density at radius 1 is 1.43 bits per heavy atom. The van der Waals surface area contributed by atoms with Crippen molar-refractivity contribution < 1.29 is 0 Å². The van der Waals surface area contributed by atoms with Gasteiger partial charge >= 0.3 is 0 Å². The number of hydrogen-bond donors (Lipinski definition) is 2. The van der Waals surface area contributed by atoms with E-state index in [1.807, 2.05) is 0 Å². The van der Waals surface area contributed by atoms with Gasteiger partial charge < -0.3 is 11.1 Å². The minimum absolute atomic E-state index is 0.656. The van der Waals surface area contributed by atoms with Crippen LogP contribution in [0.15, 0.2) is 18.2 Å². The van der Waals surface area contributed by atoms with Crippen molar-refractivity contribution in [1.29, 1.82) is 0 Å². The number of anilines is 1. The molecule has 4 heteroatoms. The van der Waals surface area contributed by atoms with Gasteiger partial charge in [-0.1, -0.05) is 17.4 Å². The SMILES string of the molecule is Nc1nc2ccc(C3CNC3)cc2s1. The normalized spacial score (nSPS) is 17.1. The fraction of sp³-hybridized carbons (Fsp3) is 0.300. The van der Waals surface area contributed by atoms with Crippen LogP contribution in [0.2, 0.25) is 0 Å². The molecule has 1 aromatic heterocycles. The van der Waals surface area contributed by atoms with Crippen LogP contribution in [0.4, 0.5) is 5.13 Å². The second-order valence-electron chi connectivity index (χ2n) is 3.63. The number of aromatic nitrogens is 1. The van der Waals surface area contributed by atoms with Gasteiger partial charge in [-0.3, -0.25) is 0 Å². The number of nitrogen functional groups attached to an aromatic ring is 1. The molecule has 0 aliphatic carbocycles. The molecule has 3 nitrogen and oxygen atoms in total. The number of nitrogens with two attached hydrogens (primary N) is 1. The summed E-state index contributed by atoms with van der Waals surface area (Å²) in [5.41, 5.74) is 8.08. The van der Waals surface area contributed by atoms with E-state index in [0.29, 0.717) is 11.0 Å². The number of nitrogens with one attached hydrogen (secondary N) is 1. The third-order valence-electron chi connectivity index (χ3n) is 2.68. The van der Waals surface area contributed by atoms with E-state index in [1.54, 1.807) is 11.3 Å². The highest BCUT2D eigenvalue weighted by atomic mass is 32.1. The summed E-state index contributed by atoms with van der Waals surface area (Å²) in [4.78, 5) is 4.24. The molecule has 1 aromatic carbocycles. The molecule has 14 heavy (non-hydrogen) atoms. The van der Waals surface area contributed by atoms with Crippen molar-refractivity contribution in [2.75, 3.05) is 18.8 Å². The van der Waals surface area contributed by atoms with Gasteiger partial charge in [0.15, 0.2) is 5.13 Å². The summed E-state index contributed by atoms with van der Waals surface area (Å²) in [6.07, 6.45) is 0. The summed E-state index contributed by atoms with van der Waals surface area (Å²) < 4.78 is 1.20. The lowest BCUT2D eigenvalue weighted by Gasteiger charge is -2.27. The van der Waals surface area contributed by atoms with E-state index in [2.05, 4.69) is 28.5 Å². The van der Waals surface area contributed by atoms with Crippen molar-refractivity contribution in [1.82, 2.24) is 10.3 Å². The van der Waals surface area contributed by atoms with Crippen LogP contribution >= 0.6 is 11.3 Å². The minimum atomic E-state index is 0.656. The summed E-state index contributed by atoms with van der Waals surface area (Å²) in [6, 6.07) is 6.44. The van der Waals surface area contributed by atoms with E-state index < -0.39 is 0 Å². The quantitative estimate of drug-likeness (QED) is 0.743. The van der Waals surface area contributed by atoms with Crippen molar-refractivity contribution in [2.24, 2.45) is 0 Å². The lowest BCUT2D eigenvalue weighted by atomic mass is 9.94. The fourth-order valence-electron chi connectivity index (χ4n) is 1.74. The number of rotatable bonds is 1. The molecule has 0 radical (unpaired) electrons. The van der Waals surface area contributed by atoms with Crippen LogP contribution < -0.4 is 11.1 Å². The molecular weight excluding hydrogens is 194 g/mol. The van der Waals surface area contributed by atoms with Crippen LogP contribution in [0.5, 0.6) is 0 Å². The maximum atomic E-state index is 5.66. The van der Waals surface area contributed by atoms with Crippen LogP contribution in [-0.4, -0.2) is 18.1 Å². The topological polar surface area (TPSA) is 50.9 Å². The van der Waals surface area contributed by atoms with E-state index in [9.17, 15) is 0 Å². The third-order valence-corrected chi connectivity index (χ3v) is 3.53. The Morgan fingerprint density at radius 2 is 2.29 bits per heavy atom. The fourth-order valence-corrected chi connectivity index (χ4v) is 2.52. The average molecular weight is 205 g/mol. The zero-order chi connectivity index (χ0) is 9.54. The van der Waals surface area contributed by atoms with E-state index in [4.69, 9.17) is 5.73 Å². The largest absolute Gasteiger partial charge is 0.375 e. The zero-order valence-corrected chi connectivity index (χ0v) is 8.47. The van der Waals surface area contributed by atoms with Crippen LogP contribution in [0.1, 0.15) is 11.5 Å². The van der Waals surface area contributed by atoms with Gasteiger partial charge in [0.2, 0.25) is 0 Å². The second-order valence-corrected chi connectivity index (χ2v) is 4.70. The van der Waals surface area contributed by atoms with Crippen molar-refractivity contribution in [3.05, 3.63) is 23.8 Å². The number of nitrogens with zero attached hydrogens (tertiary/aromatic N) is 1. The van der Waals surface area contributed by atoms with E-state index >= 15 is 0 Å². The molecule has 0 spiro atoms. The summed E-state index contributed by atoms with van der Waals surface area (Å²) in [5, 5.41) is 3.93. The molecule has 1 aliphatic rings. The minimum Gasteiger partial charge on any atom is -0.375 e. The summed E-state index contributed by atoms with van der Waals surface area (Å²) >= 11 is 1.56. The maximum Gasteiger partial charge on any atom is 0.181 e. The van der Waals surface area contributed by atoms with Crippen LogP contribution in [0.25, 0.3) is 10.2 Å². The molecule has 0 amide bonds. The van der Waals surface area contributed by atoms with Gasteiger partial charge in [-0.05, 0) is 17.7 Å². The molecule has 1 fully saturated rings. The van der Waals surface area contributed by atoms with Crippen molar-refractivity contribution >= 4 is 26.7 Å². The predicted octanol–water partition coefficient (Wildman–Crippen LogP) is 1.57. The number of thiazole rings is 1. The molecular formula is C10H11N3S. The molecule has 2 heterocycles. The Bertz CT molecular complexity index is 473. The maximum absolute atomic E-state index is 5.66. The van der Waals surface area contributed by atoms with Crippen molar-refractivity contribution in [3.63, 3.8) is 0 Å². The Labute approximate surface area is 86.0 Å². The number of benzene rings is 1. The van der Waals surface area contributed by atoms with Gasteiger partial charge in [0.05, 0.1) is 10.2 Å². The first kappa shape index (κ1) is 8.20. The van der Waals surface area contributed by atoms with Gasteiger partial charge in [-0.25, -0.2) is 4.98 Å². The first-order valence-corrected chi connectivity index (χ1v) is 5.51. The highest BCUT2D eigenvalue weighted by Gasteiger charge is 2.19. The average Bonchev–Trinajstić information content (AvgIpc) is 2.40. The van der Waals surface area contributed by atoms with E-state index in [0.717, 1.165) is 18.6 Å². The first-order chi connectivity index (χ1) is 6.83. The zero-order valence-electron chi connectivity index (χ0n) is 7.66. The monoisotopic (exact) mass is 205 g/mol. The molecule has 1 saturated heterocycles. The van der Waals surface area contributed by atoms with Gasteiger partial charge in [0, 0.05) is 19.0 Å². The lowest BCUT2D eigenvalue weighted by Crippen LogP contribution is -2.39. The molecule has 0 unspecified atom stereocenters. The summed E-state index contributed by atoms with van der Waals surface area (Å²) in [7, 11) is 0. The summed E-state index contributed by atoms with van der Waals surface area (Å²) in [6.45, 7) is 2.19. The van der Waals surface area contributed by atoms with Gasteiger partial charge in [0.25, 0.3) is 0 Å². The number of fused-ring (bicyclic) bond motifs is 1. The van der Waals surface area contributed by atoms with E-state index in [-0.39, 0.29) is 0 Å². The van der Waals surface area contributed by atoms with Crippen molar-refractivity contribution in [2.45, 2.75) is 5.92 Å². The molecule has 72 valence electrons. The van der Waals surface area contributed by atoms with Gasteiger partial charge in [0.1, 0.15) is 0 Å². The highest BCUT2D eigenvalue weighted by Crippen LogP contribution is 2.28. The smallest absolute Gasteiger partial charge is 0.181 e.